The van der Waals surface area contributed by atoms with Crippen molar-refractivity contribution in [2.24, 2.45) is 0 Å². The van der Waals surface area contributed by atoms with Crippen molar-refractivity contribution in [2.45, 2.75) is 52.3 Å². The van der Waals surface area contributed by atoms with Gasteiger partial charge >= 0.3 is 6.18 Å². The summed E-state index contributed by atoms with van der Waals surface area (Å²) in [6, 6.07) is 21.2. The van der Waals surface area contributed by atoms with Crippen LogP contribution in [-0.4, -0.2) is 17.5 Å². The standard InChI is InChI=1S/C40H32F3NO5/c1-23-7-16-33(24(2)32(23)22-45)48-20-6-4-3-5-19-44-38(46)29-14-13-28-31-21-26(25-8-11-27(12-9-25)40(41,42)43)10-17-34(31)49-35-18-15-30(39(44)47)36(29)37(28)35/h7-18,21-22H,3-6,19-20H2,1-2H3. The van der Waals surface area contributed by atoms with Gasteiger partial charge in [-0.2, -0.15) is 13.2 Å². The highest BCUT2D eigenvalue weighted by Crippen LogP contribution is 2.39. The number of hydrogen-bond acceptors (Lipinski definition) is 5. The Bertz CT molecular complexity index is 2460. The number of aromatic nitrogens is 1. The predicted molar refractivity (Wildman–Crippen MR) is 186 cm³/mol. The molecule has 0 unspecified atom stereocenters. The molecule has 2 aromatic heterocycles. The summed E-state index contributed by atoms with van der Waals surface area (Å²) in [5.74, 6) is 0.699. The second-order valence-electron chi connectivity index (χ2n) is 12.5. The highest BCUT2D eigenvalue weighted by atomic mass is 19.4. The van der Waals surface area contributed by atoms with Crippen molar-refractivity contribution in [3.8, 4) is 16.9 Å². The highest BCUT2D eigenvalue weighted by Gasteiger charge is 2.30. The second-order valence-corrected chi connectivity index (χ2v) is 12.5. The fourth-order valence-electron chi connectivity index (χ4n) is 6.78. The molecule has 0 radical (unpaired) electrons. The first kappa shape index (κ1) is 32.1. The molecule has 0 spiro atoms. The Morgan fingerprint density at radius 2 is 1.37 bits per heavy atom. The fourth-order valence-corrected chi connectivity index (χ4v) is 6.78. The number of fused-ring (bicyclic) bond motifs is 2. The average molecular weight is 664 g/mol. The molecule has 6 nitrogen and oxygen atoms in total. The maximum atomic E-state index is 13.7. The summed E-state index contributed by atoms with van der Waals surface area (Å²) in [5.41, 5.74) is 3.41. The van der Waals surface area contributed by atoms with Crippen LogP contribution in [0.2, 0.25) is 0 Å². The Morgan fingerprint density at radius 1 is 0.714 bits per heavy atom. The maximum Gasteiger partial charge on any atom is 0.416 e. The molecule has 0 atom stereocenters. The van der Waals surface area contributed by atoms with Crippen LogP contribution in [0.25, 0.3) is 54.6 Å². The first-order valence-electron chi connectivity index (χ1n) is 16.2. The lowest BCUT2D eigenvalue weighted by Gasteiger charge is -2.15. The normalized spacial score (nSPS) is 12.1. The van der Waals surface area contributed by atoms with Gasteiger partial charge < -0.3 is 9.15 Å². The van der Waals surface area contributed by atoms with Crippen molar-refractivity contribution in [1.82, 2.24) is 4.57 Å². The van der Waals surface area contributed by atoms with Gasteiger partial charge in [0.2, 0.25) is 0 Å². The third-order valence-electron chi connectivity index (χ3n) is 9.44. The van der Waals surface area contributed by atoms with E-state index in [1.54, 1.807) is 30.3 Å². The maximum absolute atomic E-state index is 13.7. The molecule has 0 aliphatic carbocycles. The van der Waals surface area contributed by atoms with Crippen molar-refractivity contribution in [2.75, 3.05) is 6.61 Å². The molecule has 0 saturated heterocycles. The number of carbonyl (C=O) groups is 1. The van der Waals surface area contributed by atoms with E-state index in [-0.39, 0.29) is 11.1 Å². The smallest absolute Gasteiger partial charge is 0.416 e. The van der Waals surface area contributed by atoms with E-state index in [1.165, 1.54) is 16.7 Å². The fraction of sp³-hybridized carbons (Fsp3) is 0.225. The number of nitrogens with zero attached hydrogens (tertiary/aromatic N) is 1. The van der Waals surface area contributed by atoms with E-state index in [0.29, 0.717) is 74.7 Å². The minimum absolute atomic E-state index is 0.290. The number of aryl methyl sites for hydroxylation is 1. The van der Waals surface area contributed by atoms with Crippen LogP contribution in [0, 0.1) is 13.8 Å². The van der Waals surface area contributed by atoms with Crippen molar-refractivity contribution >= 4 is 49.8 Å². The van der Waals surface area contributed by atoms with Gasteiger partial charge in [-0.05, 0) is 97.3 Å². The zero-order valence-electron chi connectivity index (χ0n) is 26.9. The SMILES string of the molecule is Cc1ccc(OCCCCCCn2c(=O)c3ccc4oc5ccc(-c6ccc(C(F)(F)F)cc6)cc5c5ccc(c2=O)c3c45)c(C)c1C=O. The van der Waals surface area contributed by atoms with Crippen LogP contribution in [0.4, 0.5) is 13.2 Å². The molecule has 5 aromatic carbocycles. The zero-order valence-corrected chi connectivity index (χ0v) is 26.9. The van der Waals surface area contributed by atoms with Crippen LogP contribution in [0.15, 0.2) is 92.9 Å². The van der Waals surface area contributed by atoms with E-state index in [9.17, 15) is 27.6 Å². The minimum atomic E-state index is -4.42. The van der Waals surface area contributed by atoms with Crippen LogP contribution < -0.4 is 15.9 Å². The summed E-state index contributed by atoms with van der Waals surface area (Å²) < 4.78 is 52.8. The topological polar surface area (TPSA) is 78.5 Å². The summed E-state index contributed by atoms with van der Waals surface area (Å²) in [4.78, 5) is 38.8. The lowest BCUT2D eigenvalue weighted by molar-refractivity contribution is -0.137. The quantitative estimate of drug-likeness (QED) is 0.0630. The lowest BCUT2D eigenvalue weighted by Crippen LogP contribution is -2.33. The zero-order chi connectivity index (χ0) is 34.4. The molecule has 0 saturated carbocycles. The van der Waals surface area contributed by atoms with Gasteiger partial charge in [0.1, 0.15) is 16.9 Å². The van der Waals surface area contributed by atoms with E-state index in [2.05, 4.69) is 0 Å². The van der Waals surface area contributed by atoms with E-state index >= 15 is 0 Å². The van der Waals surface area contributed by atoms with Gasteiger partial charge in [-0.25, -0.2) is 0 Å². The molecule has 2 heterocycles. The number of alkyl halides is 3. The number of hydrogen-bond donors (Lipinski definition) is 0. The molecular weight excluding hydrogens is 631 g/mol. The molecular formula is C40H32F3NO5. The second kappa shape index (κ2) is 12.5. The van der Waals surface area contributed by atoms with E-state index in [4.69, 9.17) is 9.15 Å². The molecule has 248 valence electrons. The van der Waals surface area contributed by atoms with Crippen molar-refractivity contribution in [3.63, 3.8) is 0 Å². The third-order valence-corrected chi connectivity index (χ3v) is 9.44. The third kappa shape index (κ3) is 5.73. The monoisotopic (exact) mass is 663 g/mol. The Kier molecular flexibility index (Phi) is 8.22. The largest absolute Gasteiger partial charge is 0.493 e. The number of unbranched alkanes of at least 4 members (excludes halogenated alkanes) is 3. The lowest BCUT2D eigenvalue weighted by atomic mass is 9.95. The molecule has 9 heteroatoms. The van der Waals surface area contributed by atoms with Crippen LogP contribution >= 0.6 is 0 Å². The Hall–Kier alpha value is -5.44. The number of halogens is 3. The molecule has 0 fully saturated rings. The Morgan fingerprint density at radius 3 is 2.08 bits per heavy atom. The Balaban J connectivity index is 1.12. The average Bonchev–Trinajstić information content (AvgIpc) is 3.09. The number of pyridine rings is 1. The molecule has 0 amide bonds. The Labute approximate surface area is 278 Å². The summed E-state index contributed by atoms with van der Waals surface area (Å²) in [6.07, 6.45) is -0.474. The molecule has 0 aliphatic rings. The molecule has 49 heavy (non-hydrogen) atoms. The summed E-state index contributed by atoms with van der Waals surface area (Å²) in [5, 5.41) is 3.58. The minimum Gasteiger partial charge on any atom is -0.493 e. The highest BCUT2D eigenvalue weighted by molar-refractivity contribution is 6.26. The van der Waals surface area contributed by atoms with Crippen molar-refractivity contribution in [3.05, 3.63) is 122 Å². The van der Waals surface area contributed by atoms with E-state index < -0.39 is 11.7 Å². The van der Waals surface area contributed by atoms with Gasteiger partial charge in [-0.3, -0.25) is 19.0 Å². The number of carbonyl (C=O) groups excluding carboxylic acids is 1. The van der Waals surface area contributed by atoms with Gasteiger partial charge in [0, 0.05) is 44.6 Å². The van der Waals surface area contributed by atoms with Crippen molar-refractivity contribution < 1.29 is 27.1 Å². The molecule has 7 aromatic rings. The summed E-state index contributed by atoms with van der Waals surface area (Å²) in [6.45, 7) is 4.56. The van der Waals surface area contributed by atoms with E-state index in [1.807, 2.05) is 38.1 Å². The number of ether oxygens (including phenoxy) is 1. The molecule has 0 bridgehead atoms. The van der Waals surface area contributed by atoms with Gasteiger partial charge in [-0.15, -0.1) is 0 Å². The number of benzene rings is 5. The van der Waals surface area contributed by atoms with Crippen molar-refractivity contribution in [1.29, 1.82) is 0 Å². The van der Waals surface area contributed by atoms with E-state index in [0.717, 1.165) is 59.6 Å². The molecule has 0 aliphatic heterocycles. The molecule has 7 rings (SSSR count). The van der Waals surface area contributed by atoms with Gasteiger partial charge in [-0.1, -0.05) is 43.2 Å². The predicted octanol–water partition coefficient (Wildman–Crippen LogP) is 9.61. The van der Waals surface area contributed by atoms with Crippen LogP contribution in [0.3, 0.4) is 0 Å². The summed E-state index contributed by atoms with van der Waals surface area (Å²) in [7, 11) is 0. The first-order valence-corrected chi connectivity index (χ1v) is 16.2. The number of aldehydes is 1. The molecule has 0 N–H and O–H groups in total. The number of rotatable bonds is 10. The van der Waals surface area contributed by atoms with Crippen LogP contribution in [-0.2, 0) is 12.7 Å². The van der Waals surface area contributed by atoms with Crippen LogP contribution in [0.1, 0.15) is 52.7 Å². The van der Waals surface area contributed by atoms with Gasteiger partial charge in [0.15, 0.2) is 6.29 Å². The van der Waals surface area contributed by atoms with Gasteiger partial charge in [0.25, 0.3) is 11.1 Å². The van der Waals surface area contributed by atoms with Crippen LogP contribution in [0.5, 0.6) is 5.75 Å². The summed E-state index contributed by atoms with van der Waals surface area (Å²) >= 11 is 0. The first-order chi connectivity index (χ1) is 23.6. The van der Waals surface area contributed by atoms with Gasteiger partial charge in [0.05, 0.1) is 12.2 Å².